The summed E-state index contributed by atoms with van der Waals surface area (Å²) in [5.74, 6) is 1.49. The summed E-state index contributed by atoms with van der Waals surface area (Å²) >= 11 is 0. The van der Waals surface area contributed by atoms with Crippen molar-refractivity contribution < 1.29 is 14.3 Å². The van der Waals surface area contributed by atoms with Crippen LogP contribution in [-0.4, -0.2) is 23.3 Å². The number of hydrogen-bond acceptors (Lipinski definition) is 4. The molecule has 5 heteroatoms. The highest BCUT2D eigenvalue weighted by Gasteiger charge is 2.54. The van der Waals surface area contributed by atoms with Crippen molar-refractivity contribution in [3.63, 3.8) is 0 Å². The van der Waals surface area contributed by atoms with Crippen LogP contribution in [0.3, 0.4) is 0 Å². The Morgan fingerprint density at radius 1 is 1.04 bits per heavy atom. The molecular weight excluding hydrogens is 342 g/mol. The van der Waals surface area contributed by atoms with Crippen LogP contribution in [0, 0.1) is 23.2 Å². The van der Waals surface area contributed by atoms with Gasteiger partial charge in [0.15, 0.2) is 12.4 Å². The fourth-order valence-electron chi connectivity index (χ4n) is 6.19. The summed E-state index contributed by atoms with van der Waals surface area (Å²) in [6.45, 7) is -0.188. The second-order valence-electron chi connectivity index (χ2n) is 8.79. The van der Waals surface area contributed by atoms with E-state index < -0.39 is 5.97 Å². The van der Waals surface area contributed by atoms with Crippen molar-refractivity contribution in [2.45, 2.75) is 38.5 Å². The molecule has 4 bridgehead atoms. The summed E-state index contributed by atoms with van der Waals surface area (Å²) in [6.07, 6.45) is 6.69. The number of rotatable bonds is 4. The molecule has 1 N–H and O–H groups in total. The average Bonchev–Trinajstić information content (AvgIpc) is 2.64. The molecule has 27 heavy (non-hydrogen) atoms. The number of para-hydroxylation sites is 1. The van der Waals surface area contributed by atoms with Crippen LogP contribution < -0.4 is 5.56 Å². The summed E-state index contributed by atoms with van der Waals surface area (Å²) in [4.78, 5) is 40.2. The molecule has 5 nitrogen and oxygen atoms in total. The van der Waals surface area contributed by atoms with Gasteiger partial charge in [-0.05, 0) is 62.3 Å². The van der Waals surface area contributed by atoms with E-state index in [0.717, 1.165) is 19.3 Å². The second kappa shape index (κ2) is 6.04. The Hall–Kier alpha value is -2.43. The van der Waals surface area contributed by atoms with Gasteiger partial charge < -0.3 is 9.72 Å². The average molecular weight is 365 g/mol. The molecule has 1 aromatic carbocycles. The van der Waals surface area contributed by atoms with Crippen molar-refractivity contribution in [3.05, 3.63) is 46.2 Å². The van der Waals surface area contributed by atoms with Crippen LogP contribution in [0.15, 0.2) is 35.1 Å². The lowest BCUT2D eigenvalue weighted by atomic mass is 9.48. The molecule has 4 aliphatic rings. The third-order valence-corrected chi connectivity index (χ3v) is 6.93. The molecule has 0 atom stereocenters. The summed E-state index contributed by atoms with van der Waals surface area (Å²) in [5, 5.41) is 0.629. The van der Waals surface area contributed by atoms with Gasteiger partial charge in [-0.25, -0.2) is 4.79 Å². The molecule has 1 aromatic heterocycles. The number of benzene rings is 1. The number of nitrogens with one attached hydrogen (secondary N) is 1. The van der Waals surface area contributed by atoms with Crippen molar-refractivity contribution in [1.29, 1.82) is 0 Å². The Morgan fingerprint density at radius 2 is 1.67 bits per heavy atom. The molecule has 2 aromatic rings. The van der Waals surface area contributed by atoms with Gasteiger partial charge in [-0.3, -0.25) is 9.59 Å². The second-order valence-corrected chi connectivity index (χ2v) is 8.79. The zero-order valence-corrected chi connectivity index (χ0v) is 15.2. The van der Waals surface area contributed by atoms with E-state index in [-0.39, 0.29) is 28.9 Å². The lowest BCUT2D eigenvalue weighted by Crippen LogP contribution is -2.51. The van der Waals surface area contributed by atoms with Crippen LogP contribution >= 0.6 is 0 Å². The van der Waals surface area contributed by atoms with Gasteiger partial charge in [-0.1, -0.05) is 18.2 Å². The molecule has 0 aliphatic heterocycles. The van der Waals surface area contributed by atoms with Gasteiger partial charge in [-0.2, -0.15) is 0 Å². The molecule has 0 amide bonds. The molecule has 0 spiro atoms. The fraction of sp³-hybridized carbons (Fsp3) is 0.500. The Labute approximate surface area is 157 Å². The highest BCUT2D eigenvalue weighted by molar-refractivity contribution is 6.04. The smallest absolute Gasteiger partial charge is 0.339 e. The van der Waals surface area contributed by atoms with E-state index in [1.54, 1.807) is 24.3 Å². The zero-order valence-electron chi connectivity index (χ0n) is 15.2. The summed E-state index contributed by atoms with van der Waals surface area (Å²) < 4.78 is 5.40. The molecular formula is C22H23NO4. The van der Waals surface area contributed by atoms with Crippen LogP contribution in [0.2, 0.25) is 0 Å². The number of aromatic amines is 1. The SMILES string of the molecule is O=C(OCC(=O)C12CC3CC(CC(C3)C1)C2)c1cc(=O)[nH]c2ccccc12. The van der Waals surface area contributed by atoms with Crippen molar-refractivity contribution in [2.24, 2.45) is 23.2 Å². The number of esters is 1. The van der Waals surface area contributed by atoms with Crippen molar-refractivity contribution in [3.8, 4) is 0 Å². The standard InChI is InChI=1S/C22H23NO4/c24-19(22-9-13-5-14(10-22)7-15(6-13)11-22)12-27-21(26)17-8-20(25)23-18-4-2-1-3-16(17)18/h1-4,8,13-15H,5-7,9-12H2,(H,23,25). The Balaban J connectivity index is 1.34. The maximum atomic E-state index is 13.0. The van der Waals surface area contributed by atoms with Gasteiger partial charge in [0.25, 0.3) is 0 Å². The van der Waals surface area contributed by atoms with Gasteiger partial charge in [0.1, 0.15) is 0 Å². The molecule has 0 unspecified atom stereocenters. The van der Waals surface area contributed by atoms with E-state index in [4.69, 9.17) is 4.74 Å². The van der Waals surface area contributed by atoms with Crippen LogP contribution in [0.4, 0.5) is 0 Å². The minimum atomic E-state index is -0.602. The van der Waals surface area contributed by atoms with Gasteiger partial charge in [0, 0.05) is 22.4 Å². The lowest BCUT2D eigenvalue weighted by Gasteiger charge is -2.55. The summed E-state index contributed by atoms with van der Waals surface area (Å²) in [5.41, 5.74) is 0.177. The number of aromatic nitrogens is 1. The van der Waals surface area contributed by atoms with Gasteiger partial charge in [0.2, 0.25) is 5.56 Å². The number of ether oxygens (including phenoxy) is 1. The minimum absolute atomic E-state index is 0.0732. The molecule has 1 heterocycles. The van der Waals surface area contributed by atoms with Crippen molar-refractivity contribution in [2.75, 3.05) is 6.61 Å². The molecule has 0 radical (unpaired) electrons. The predicted molar refractivity (Wildman–Crippen MR) is 100 cm³/mol. The number of carbonyl (C=O) groups excluding carboxylic acids is 2. The van der Waals surface area contributed by atoms with E-state index in [1.165, 1.54) is 25.3 Å². The van der Waals surface area contributed by atoms with Gasteiger partial charge >= 0.3 is 5.97 Å². The third-order valence-electron chi connectivity index (χ3n) is 6.93. The first-order valence-electron chi connectivity index (χ1n) is 9.85. The molecule has 4 saturated carbocycles. The van der Waals surface area contributed by atoms with Gasteiger partial charge in [0.05, 0.1) is 5.56 Å². The molecule has 4 aliphatic carbocycles. The molecule has 6 rings (SSSR count). The van der Waals surface area contributed by atoms with Crippen LogP contribution in [0.5, 0.6) is 0 Å². The van der Waals surface area contributed by atoms with E-state index in [1.807, 2.05) is 0 Å². The van der Waals surface area contributed by atoms with E-state index in [2.05, 4.69) is 4.98 Å². The topological polar surface area (TPSA) is 76.2 Å². The van der Waals surface area contributed by atoms with Crippen molar-refractivity contribution >= 4 is 22.7 Å². The number of fused-ring (bicyclic) bond motifs is 1. The number of H-pyrrole nitrogens is 1. The number of hydrogen-bond donors (Lipinski definition) is 1. The third kappa shape index (κ3) is 2.80. The number of carbonyl (C=O) groups is 2. The van der Waals surface area contributed by atoms with Crippen LogP contribution in [0.25, 0.3) is 10.9 Å². The number of Topliss-reactive ketones (excluding diaryl/α,β-unsaturated/α-hetero) is 1. The van der Waals surface area contributed by atoms with Crippen molar-refractivity contribution in [1.82, 2.24) is 4.98 Å². The first-order valence-corrected chi connectivity index (χ1v) is 9.85. The van der Waals surface area contributed by atoms with E-state index >= 15 is 0 Å². The van der Waals surface area contributed by atoms with Gasteiger partial charge in [-0.15, -0.1) is 0 Å². The maximum Gasteiger partial charge on any atom is 0.339 e. The summed E-state index contributed by atoms with van der Waals surface area (Å²) in [7, 11) is 0. The minimum Gasteiger partial charge on any atom is -0.454 e. The first kappa shape index (κ1) is 16.7. The van der Waals surface area contributed by atoms with E-state index in [0.29, 0.717) is 28.7 Å². The molecule has 4 fully saturated rings. The first-order chi connectivity index (χ1) is 13.0. The number of pyridine rings is 1. The Bertz CT molecular complexity index is 954. The predicted octanol–water partition coefficient (Wildman–Crippen LogP) is 3.47. The number of ketones is 1. The molecule has 140 valence electrons. The lowest BCUT2D eigenvalue weighted by molar-refractivity contribution is -0.147. The highest BCUT2D eigenvalue weighted by Crippen LogP contribution is 2.60. The quantitative estimate of drug-likeness (QED) is 0.842. The summed E-state index contributed by atoms with van der Waals surface area (Å²) in [6, 6.07) is 8.36. The monoisotopic (exact) mass is 365 g/mol. The highest BCUT2D eigenvalue weighted by atomic mass is 16.5. The zero-order chi connectivity index (χ0) is 18.6. The Kier molecular flexibility index (Phi) is 3.74. The molecule has 0 saturated heterocycles. The Morgan fingerprint density at radius 3 is 2.33 bits per heavy atom. The largest absolute Gasteiger partial charge is 0.454 e. The normalized spacial score (nSPS) is 31.2. The fourth-order valence-corrected chi connectivity index (χ4v) is 6.19. The van der Waals surface area contributed by atoms with Crippen LogP contribution in [0.1, 0.15) is 48.9 Å². The maximum absolute atomic E-state index is 13.0. The van der Waals surface area contributed by atoms with E-state index in [9.17, 15) is 14.4 Å². The van der Waals surface area contributed by atoms with Crippen LogP contribution in [-0.2, 0) is 9.53 Å².